The summed E-state index contributed by atoms with van der Waals surface area (Å²) in [5.41, 5.74) is 0. The Bertz CT molecular complexity index is 571. The molecule has 0 radical (unpaired) electrons. The van der Waals surface area contributed by atoms with Crippen molar-refractivity contribution >= 4 is 23.2 Å². The third-order valence-electron chi connectivity index (χ3n) is 5.17. The van der Waals surface area contributed by atoms with Crippen LogP contribution in [-0.4, -0.2) is 59.9 Å². The molecule has 0 spiro atoms. The van der Waals surface area contributed by atoms with Crippen LogP contribution in [0.15, 0.2) is 17.5 Å². The summed E-state index contributed by atoms with van der Waals surface area (Å²) in [7, 11) is 2.13. The second-order valence-electron chi connectivity index (χ2n) is 6.99. The first-order valence-electron chi connectivity index (χ1n) is 8.87. The number of carbonyl (C=O) groups excluding carboxylic acids is 2. The molecule has 3 rings (SSSR count). The number of likely N-dealkylation sites (tertiary alicyclic amines) is 1. The van der Waals surface area contributed by atoms with Gasteiger partial charge < -0.3 is 10.2 Å². The fourth-order valence-corrected chi connectivity index (χ4v) is 4.05. The minimum Gasteiger partial charge on any atom is -0.353 e. The molecule has 2 aliphatic rings. The second kappa shape index (κ2) is 7.66. The summed E-state index contributed by atoms with van der Waals surface area (Å²) in [6.45, 7) is 3.49. The van der Waals surface area contributed by atoms with Gasteiger partial charge in [0.1, 0.15) is 6.04 Å². The van der Waals surface area contributed by atoms with Crippen LogP contribution in [0.3, 0.4) is 0 Å². The van der Waals surface area contributed by atoms with Gasteiger partial charge in [0.05, 0.1) is 6.42 Å². The van der Waals surface area contributed by atoms with Crippen molar-refractivity contribution in [2.45, 2.75) is 57.2 Å². The van der Waals surface area contributed by atoms with E-state index < -0.39 is 0 Å². The van der Waals surface area contributed by atoms with Crippen LogP contribution in [-0.2, 0) is 16.0 Å². The molecule has 0 bridgehead atoms. The van der Waals surface area contributed by atoms with Crippen LogP contribution in [0.25, 0.3) is 0 Å². The van der Waals surface area contributed by atoms with E-state index in [-0.39, 0.29) is 17.9 Å². The van der Waals surface area contributed by atoms with E-state index in [0.29, 0.717) is 31.6 Å². The highest BCUT2D eigenvalue weighted by Crippen LogP contribution is 2.26. The van der Waals surface area contributed by atoms with Crippen molar-refractivity contribution in [3.63, 3.8) is 0 Å². The van der Waals surface area contributed by atoms with E-state index in [2.05, 4.69) is 24.2 Å². The number of rotatable bonds is 7. The van der Waals surface area contributed by atoms with Crippen LogP contribution in [0, 0.1) is 0 Å². The number of amides is 2. The second-order valence-corrected chi connectivity index (χ2v) is 8.02. The number of carbonyl (C=O) groups is 2. The van der Waals surface area contributed by atoms with Gasteiger partial charge in [-0.1, -0.05) is 6.07 Å². The van der Waals surface area contributed by atoms with Gasteiger partial charge in [-0.3, -0.25) is 14.5 Å². The van der Waals surface area contributed by atoms with Crippen molar-refractivity contribution < 1.29 is 9.59 Å². The zero-order valence-electron chi connectivity index (χ0n) is 14.5. The summed E-state index contributed by atoms with van der Waals surface area (Å²) in [4.78, 5) is 30.2. The van der Waals surface area contributed by atoms with Crippen molar-refractivity contribution in [1.29, 1.82) is 0 Å². The van der Waals surface area contributed by atoms with Crippen molar-refractivity contribution in [1.82, 2.24) is 15.1 Å². The third kappa shape index (κ3) is 4.16. The lowest BCUT2D eigenvalue weighted by Crippen LogP contribution is -2.49. The third-order valence-corrected chi connectivity index (χ3v) is 6.05. The molecule has 1 N–H and O–H groups in total. The van der Waals surface area contributed by atoms with Crippen molar-refractivity contribution in [2.75, 3.05) is 20.1 Å². The van der Waals surface area contributed by atoms with E-state index in [1.54, 1.807) is 16.2 Å². The summed E-state index contributed by atoms with van der Waals surface area (Å²) in [6.07, 6.45) is 4.62. The monoisotopic (exact) mass is 349 g/mol. The molecular weight excluding hydrogens is 322 g/mol. The Morgan fingerprint density at radius 1 is 1.42 bits per heavy atom. The summed E-state index contributed by atoms with van der Waals surface area (Å²) < 4.78 is 0. The molecule has 5 nitrogen and oxygen atoms in total. The molecule has 1 aromatic heterocycles. The largest absolute Gasteiger partial charge is 0.353 e. The first-order valence-corrected chi connectivity index (χ1v) is 9.75. The van der Waals surface area contributed by atoms with E-state index in [4.69, 9.17) is 0 Å². The van der Waals surface area contributed by atoms with Gasteiger partial charge in [0, 0.05) is 30.1 Å². The fraction of sp³-hybridized carbons (Fsp3) is 0.667. The van der Waals surface area contributed by atoms with Crippen molar-refractivity contribution in [2.24, 2.45) is 0 Å². The molecule has 1 aliphatic heterocycles. The number of thiophene rings is 1. The van der Waals surface area contributed by atoms with E-state index >= 15 is 0 Å². The lowest BCUT2D eigenvalue weighted by atomic mass is 10.2. The molecule has 1 saturated carbocycles. The maximum atomic E-state index is 12.6. The Morgan fingerprint density at radius 2 is 2.21 bits per heavy atom. The topological polar surface area (TPSA) is 52.7 Å². The van der Waals surface area contributed by atoms with Gasteiger partial charge in [-0.15, -0.1) is 11.3 Å². The van der Waals surface area contributed by atoms with Crippen LogP contribution < -0.4 is 5.32 Å². The van der Waals surface area contributed by atoms with Gasteiger partial charge in [-0.2, -0.15) is 0 Å². The molecule has 2 atom stereocenters. The zero-order valence-corrected chi connectivity index (χ0v) is 15.3. The van der Waals surface area contributed by atoms with E-state index in [0.717, 1.165) is 17.7 Å². The Kier molecular flexibility index (Phi) is 5.56. The quantitative estimate of drug-likeness (QED) is 0.818. The highest BCUT2D eigenvalue weighted by atomic mass is 32.1. The Hall–Kier alpha value is -1.40. The normalized spacial score (nSPS) is 22.0. The lowest BCUT2D eigenvalue weighted by Gasteiger charge is -2.27. The minimum absolute atomic E-state index is 0.00285. The fourth-order valence-electron chi connectivity index (χ4n) is 3.35. The number of hydrogen-bond donors (Lipinski definition) is 1. The molecule has 2 fully saturated rings. The van der Waals surface area contributed by atoms with Gasteiger partial charge >= 0.3 is 0 Å². The molecule has 6 heteroatoms. The summed E-state index contributed by atoms with van der Waals surface area (Å²) in [6, 6.07) is 4.66. The SMILES string of the molecule is CC(CNC(=O)C1CCCN1C(=O)Cc1cccs1)N(C)C1CC1. The first kappa shape index (κ1) is 17.4. The smallest absolute Gasteiger partial charge is 0.242 e. The Balaban J connectivity index is 1.50. The highest BCUT2D eigenvalue weighted by molar-refractivity contribution is 7.10. The highest BCUT2D eigenvalue weighted by Gasteiger charge is 2.34. The van der Waals surface area contributed by atoms with Gasteiger partial charge in [-0.05, 0) is 51.1 Å². The predicted octanol–water partition coefficient (Wildman–Crippen LogP) is 1.88. The van der Waals surface area contributed by atoms with Crippen LogP contribution in [0.1, 0.15) is 37.5 Å². The number of nitrogens with one attached hydrogen (secondary N) is 1. The number of hydrogen-bond acceptors (Lipinski definition) is 4. The molecule has 1 saturated heterocycles. The first-order chi connectivity index (χ1) is 11.6. The zero-order chi connectivity index (χ0) is 17.1. The number of likely N-dealkylation sites (N-methyl/N-ethyl adjacent to an activating group) is 1. The summed E-state index contributed by atoms with van der Waals surface area (Å²) >= 11 is 1.59. The molecule has 1 aliphatic carbocycles. The molecule has 1 aromatic rings. The molecule has 0 aromatic carbocycles. The van der Waals surface area contributed by atoms with Gasteiger partial charge in [0.25, 0.3) is 0 Å². The van der Waals surface area contributed by atoms with Crippen molar-refractivity contribution in [3.05, 3.63) is 22.4 Å². The lowest BCUT2D eigenvalue weighted by molar-refractivity contribution is -0.138. The van der Waals surface area contributed by atoms with Crippen molar-refractivity contribution in [3.8, 4) is 0 Å². The Labute approximate surface area is 148 Å². The molecule has 2 unspecified atom stereocenters. The van der Waals surface area contributed by atoms with Crippen LogP contribution >= 0.6 is 11.3 Å². The average molecular weight is 350 g/mol. The van der Waals surface area contributed by atoms with Gasteiger partial charge in [0.15, 0.2) is 0 Å². The van der Waals surface area contributed by atoms with E-state index in [1.807, 2.05) is 17.5 Å². The standard InChI is InChI=1S/C18H27N3O2S/c1-13(20(2)14-7-8-14)12-19-18(23)16-6-3-9-21(16)17(22)11-15-5-4-10-24-15/h4-5,10,13-14,16H,3,6-9,11-12H2,1-2H3,(H,19,23). The molecule has 24 heavy (non-hydrogen) atoms. The number of nitrogens with zero attached hydrogens (tertiary/aromatic N) is 2. The van der Waals surface area contributed by atoms with Gasteiger partial charge in [0.2, 0.25) is 11.8 Å². The Morgan fingerprint density at radius 3 is 2.88 bits per heavy atom. The molecule has 2 amide bonds. The molecule has 132 valence electrons. The van der Waals surface area contributed by atoms with Crippen LogP contribution in [0.5, 0.6) is 0 Å². The molecule has 2 heterocycles. The molecular formula is C18H27N3O2S. The van der Waals surface area contributed by atoms with Crippen LogP contribution in [0.2, 0.25) is 0 Å². The minimum atomic E-state index is -0.295. The van der Waals surface area contributed by atoms with Crippen LogP contribution in [0.4, 0.5) is 0 Å². The summed E-state index contributed by atoms with van der Waals surface area (Å²) in [5.74, 6) is 0.0707. The maximum Gasteiger partial charge on any atom is 0.242 e. The van der Waals surface area contributed by atoms with Gasteiger partial charge in [-0.25, -0.2) is 0 Å². The van der Waals surface area contributed by atoms with E-state index in [1.165, 1.54) is 12.8 Å². The van der Waals surface area contributed by atoms with E-state index in [9.17, 15) is 9.59 Å². The summed E-state index contributed by atoms with van der Waals surface area (Å²) in [5, 5.41) is 5.04. The predicted molar refractivity (Wildman–Crippen MR) is 96.0 cm³/mol. The maximum absolute atomic E-state index is 12.6. The average Bonchev–Trinajstić information content (AvgIpc) is 3.08.